The third-order valence-corrected chi connectivity index (χ3v) is 4.45. The maximum atomic E-state index is 9.89. The van der Waals surface area contributed by atoms with Crippen LogP contribution in [0.25, 0.3) is 0 Å². The second-order valence-corrected chi connectivity index (χ2v) is 6.26. The fourth-order valence-corrected chi connectivity index (χ4v) is 3.32. The molecule has 0 unspecified atom stereocenters. The second kappa shape index (κ2) is 6.51. The predicted octanol–water partition coefficient (Wildman–Crippen LogP) is 3.16. The van der Waals surface area contributed by atoms with Crippen LogP contribution < -0.4 is 5.32 Å². The summed E-state index contributed by atoms with van der Waals surface area (Å²) in [6.07, 6.45) is 0. The van der Waals surface area contributed by atoms with Gasteiger partial charge in [0.15, 0.2) is 0 Å². The standard InChI is InChI=1S/C19H24N2O/c1-14-13-21(15(2)12-20-14)19(16-7-4-3-5-8-16)17-9-6-10-18(22)11-17/h3-11,14-15,19-20,22H,12-13H2,1-2H3/t14-,15+,19+/m0/s1. The van der Waals surface area contributed by atoms with E-state index in [9.17, 15) is 5.11 Å². The van der Waals surface area contributed by atoms with Crippen LogP contribution in [0.3, 0.4) is 0 Å². The van der Waals surface area contributed by atoms with E-state index in [0.29, 0.717) is 17.8 Å². The minimum absolute atomic E-state index is 0.174. The van der Waals surface area contributed by atoms with E-state index in [1.54, 1.807) is 6.07 Å². The molecule has 1 saturated heterocycles. The highest BCUT2D eigenvalue weighted by molar-refractivity contribution is 5.36. The number of phenols is 1. The Bertz CT molecular complexity index is 614. The Morgan fingerprint density at radius 2 is 1.77 bits per heavy atom. The summed E-state index contributed by atoms with van der Waals surface area (Å²) in [7, 11) is 0. The molecule has 0 bridgehead atoms. The van der Waals surface area contributed by atoms with Crippen molar-refractivity contribution in [2.75, 3.05) is 13.1 Å². The number of benzene rings is 2. The van der Waals surface area contributed by atoms with Crippen LogP contribution in [0.2, 0.25) is 0 Å². The smallest absolute Gasteiger partial charge is 0.115 e. The van der Waals surface area contributed by atoms with E-state index in [1.807, 2.05) is 18.2 Å². The summed E-state index contributed by atoms with van der Waals surface area (Å²) in [6.45, 7) is 6.47. The topological polar surface area (TPSA) is 35.5 Å². The van der Waals surface area contributed by atoms with Crippen LogP contribution in [0.15, 0.2) is 54.6 Å². The molecular weight excluding hydrogens is 272 g/mol. The first kappa shape index (κ1) is 15.1. The molecule has 3 atom stereocenters. The molecule has 0 saturated carbocycles. The van der Waals surface area contributed by atoms with Gasteiger partial charge in [-0.15, -0.1) is 0 Å². The summed E-state index contributed by atoms with van der Waals surface area (Å²) in [6, 6.07) is 19.3. The number of hydrogen-bond donors (Lipinski definition) is 2. The normalized spacial score (nSPS) is 24.1. The van der Waals surface area contributed by atoms with Gasteiger partial charge in [-0.1, -0.05) is 42.5 Å². The SMILES string of the molecule is C[C@@H]1CN[C@@H](C)CN1[C@H](c1ccccc1)c1cccc(O)c1. The van der Waals surface area contributed by atoms with Crippen molar-refractivity contribution in [1.82, 2.24) is 10.2 Å². The van der Waals surface area contributed by atoms with Gasteiger partial charge in [0.25, 0.3) is 0 Å². The zero-order chi connectivity index (χ0) is 15.5. The van der Waals surface area contributed by atoms with E-state index in [4.69, 9.17) is 0 Å². The Hall–Kier alpha value is -1.84. The van der Waals surface area contributed by atoms with Crippen LogP contribution in [0, 0.1) is 0 Å². The number of rotatable bonds is 3. The average Bonchev–Trinajstić information content (AvgIpc) is 2.52. The molecule has 116 valence electrons. The van der Waals surface area contributed by atoms with Gasteiger partial charge >= 0.3 is 0 Å². The number of phenolic OH excluding ortho intramolecular Hbond substituents is 1. The molecule has 1 aliphatic rings. The monoisotopic (exact) mass is 296 g/mol. The lowest BCUT2D eigenvalue weighted by atomic mass is 9.94. The van der Waals surface area contributed by atoms with Gasteiger partial charge in [-0.05, 0) is 37.1 Å². The summed E-state index contributed by atoms with van der Waals surface area (Å²) in [5, 5.41) is 13.4. The van der Waals surface area contributed by atoms with Gasteiger partial charge in [0, 0.05) is 25.2 Å². The van der Waals surface area contributed by atoms with Crippen LogP contribution in [-0.4, -0.2) is 35.2 Å². The van der Waals surface area contributed by atoms with Crippen molar-refractivity contribution in [1.29, 1.82) is 0 Å². The van der Waals surface area contributed by atoms with Crippen molar-refractivity contribution >= 4 is 0 Å². The van der Waals surface area contributed by atoms with Gasteiger partial charge in [-0.2, -0.15) is 0 Å². The molecular formula is C19H24N2O. The maximum Gasteiger partial charge on any atom is 0.115 e. The summed E-state index contributed by atoms with van der Waals surface area (Å²) in [5.41, 5.74) is 2.42. The summed E-state index contributed by atoms with van der Waals surface area (Å²) < 4.78 is 0. The fourth-order valence-electron chi connectivity index (χ4n) is 3.32. The molecule has 3 rings (SSSR count). The quantitative estimate of drug-likeness (QED) is 0.913. The van der Waals surface area contributed by atoms with Crippen molar-refractivity contribution in [2.45, 2.75) is 32.0 Å². The van der Waals surface area contributed by atoms with Gasteiger partial charge in [0.1, 0.15) is 5.75 Å². The molecule has 3 heteroatoms. The van der Waals surface area contributed by atoms with Gasteiger partial charge < -0.3 is 10.4 Å². The third kappa shape index (κ3) is 3.16. The van der Waals surface area contributed by atoms with Crippen molar-refractivity contribution in [3.8, 4) is 5.75 Å². The number of aromatic hydroxyl groups is 1. The first-order valence-electron chi connectivity index (χ1n) is 7.98. The molecule has 0 radical (unpaired) electrons. The molecule has 2 aromatic carbocycles. The molecule has 0 aromatic heterocycles. The number of nitrogens with zero attached hydrogens (tertiary/aromatic N) is 1. The molecule has 0 spiro atoms. The second-order valence-electron chi connectivity index (χ2n) is 6.26. The van der Waals surface area contributed by atoms with Crippen LogP contribution in [0.1, 0.15) is 31.0 Å². The molecule has 0 aliphatic carbocycles. The third-order valence-electron chi connectivity index (χ3n) is 4.45. The van der Waals surface area contributed by atoms with Gasteiger partial charge in [0.2, 0.25) is 0 Å². The Balaban J connectivity index is 2.03. The highest BCUT2D eigenvalue weighted by Crippen LogP contribution is 2.32. The largest absolute Gasteiger partial charge is 0.508 e. The van der Waals surface area contributed by atoms with E-state index >= 15 is 0 Å². The van der Waals surface area contributed by atoms with E-state index in [2.05, 4.69) is 54.4 Å². The van der Waals surface area contributed by atoms with E-state index in [-0.39, 0.29) is 6.04 Å². The van der Waals surface area contributed by atoms with Crippen LogP contribution >= 0.6 is 0 Å². The van der Waals surface area contributed by atoms with Crippen LogP contribution in [0.4, 0.5) is 0 Å². The van der Waals surface area contributed by atoms with Crippen molar-refractivity contribution in [2.24, 2.45) is 0 Å². The van der Waals surface area contributed by atoms with E-state index in [0.717, 1.165) is 18.7 Å². The summed E-state index contributed by atoms with van der Waals surface area (Å²) in [5.74, 6) is 0.328. The van der Waals surface area contributed by atoms with Crippen molar-refractivity contribution in [3.63, 3.8) is 0 Å². The summed E-state index contributed by atoms with van der Waals surface area (Å²) >= 11 is 0. The van der Waals surface area contributed by atoms with Crippen molar-refractivity contribution < 1.29 is 5.11 Å². The fraction of sp³-hybridized carbons (Fsp3) is 0.368. The molecule has 3 nitrogen and oxygen atoms in total. The lowest BCUT2D eigenvalue weighted by Crippen LogP contribution is -2.55. The highest BCUT2D eigenvalue weighted by Gasteiger charge is 2.30. The molecule has 1 aliphatic heterocycles. The van der Waals surface area contributed by atoms with E-state index in [1.165, 1.54) is 5.56 Å². The van der Waals surface area contributed by atoms with Crippen molar-refractivity contribution in [3.05, 3.63) is 65.7 Å². The first-order valence-corrected chi connectivity index (χ1v) is 7.98. The Labute approximate surface area is 132 Å². The minimum Gasteiger partial charge on any atom is -0.508 e. The van der Waals surface area contributed by atoms with Gasteiger partial charge in [-0.3, -0.25) is 4.90 Å². The molecule has 1 heterocycles. The van der Waals surface area contributed by atoms with E-state index < -0.39 is 0 Å². The van der Waals surface area contributed by atoms with Gasteiger partial charge in [-0.25, -0.2) is 0 Å². The lowest BCUT2D eigenvalue weighted by Gasteiger charge is -2.43. The Morgan fingerprint density at radius 1 is 1.05 bits per heavy atom. The molecule has 2 N–H and O–H groups in total. The zero-order valence-corrected chi connectivity index (χ0v) is 13.2. The predicted molar refractivity (Wildman–Crippen MR) is 90.0 cm³/mol. The molecule has 0 amide bonds. The minimum atomic E-state index is 0.174. The first-order chi connectivity index (χ1) is 10.6. The zero-order valence-electron chi connectivity index (χ0n) is 13.2. The maximum absolute atomic E-state index is 9.89. The molecule has 1 fully saturated rings. The van der Waals surface area contributed by atoms with Gasteiger partial charge in [0.05, 0.1) is 6.04 Å². The molecule has 2 aromatic rings. The Morgan fingerprint density at radius 3 is 2.50 bits per heavy atom. The van der Waals surface area contributed by atoms with Crippen LogP contribution in [-0.2, 0) is 0 Å². The number of nitrogens with one attached hydrogen (secondary N) is 1. The number of piperazine rings is 1. The Kier molecular flexibility index (Phi) is 4.46. The highest BCUT2D eigenvalue weighted by atomic mass is 16.3. The lowest BCUT2D eigenvalue weighted by molar-refractivity contribution is 0.113. The van der Waals surface area contributed by atoms with Crippen LogP contribution in [0.5, 0.6) is 5.75 Å². The average molecular weight is 296 g/mol. The molecule has 22 heavy (non-hydrogen) atoms. The number of hydrogen-bond acceptors (Lipinski definition) is 3. The summed E-state index contributed by atoms with van der Waals surface area (Å²) in [4.78, 5) is 2.53.